The number of methoxy groups -OCH3 is 2. The molecule has 164 valence electrons. The van der Waals surface area contributed by atoms with Crippen LogP contribution in [0.3, 0.4) is 0 Å². The number of aryl methyl sites for hydroxylation is 1. The molecule has 2 aromatic carbocycles. The summed E-state index contributed by atoms with van der Waals surface area (Å²) in [7, 11) is 2.52. The smallest absolute Gasteiger partial charge is 0.339 e. The molecule has 0 radical (unpaired) electrons. The fourth-order valence-corrected chi connectivity index (χ4v) is 4.51. The maximum Gasteiger partial charge on any atom is 0.339 e. The van der Waals surface area contributed by atoms with Crippen molar-refractivity contribution in [1.82, 2.24) is 0 Å². The molecule has 0 spiro atoms. The molecule has 0 aromatic heterocycles. The van der Waals surface area contributed by atoms with E-state index >= 15 is 0 Å². The first kappa shape index (κ1) is 21.6. The Morgan fingerprint density at radius 1 is 0.906 bits per heavy atom. The highest BCUT2D eigenvalue weighted by Gasteiger charge is 2.45. The molecule has 2 aromatic rings. The minimum atomic E-state index is -0.711. The van der Waals surface area contributed by atoms with E-state index in [9.17, 15) is 14.4 Å². The summed E-state index contributed by atoms with van der Waals surface area (Å²) in [5.41, 5.74) is 3.84. The van der Waals surface area contributed by atoms with Gasteiger partial charge in [-0.3, -0.25) is 4.79 Å². The largest absolute Gasteiger partial charge is 0.466 e. The number of rotatable bonds is 4. The van der Waals surface area contributed by atoms with E-state index in [0.29, 0.717) is 19.3 Å². The highest BCUT2D eigenvalue weighted by molar-refractivity contribution is 6.16. The van der Waals surface area contributed by atoms with Crippen LogP contribution in [-0.4, -0.2) is 31.9 Å². The van der Waals surface area contributed by atoms with Crippen molar-refractivity contribution < 1.29 is 23.9 Å². The Balaban J connectivity index is 2.09. The Labute approximate surface area is 187 Å². The molecule has 6 heteroatoms. The lowest BCUT2D eigenvalue weighted by Crippen LogP contribution is -2.41. The number of nitrogens with zero attached hydrogens (tertiary/aromatic N) is 1. The van der Waals surface area contributed by atoms with E-state index in [-0.39, 0.29) is 22.5 Å². The number of ether oxygens (including phenoxy) is 2. The van der Waals surface area contributed by atoms with E-state index in [1.165, 1.54) is 14.2 Å². The van der Waals surface area contributed by atoms with Gasteiger partial charge in [0.05, 0.1) is 37.0 Å². The van der Waals surface area contributed by atoms with Crippen molar-refractivity contribution in [3.63, 3.8) is 0 Å². The molecular weight excluding hydrogens is 406 g/mol. The van der Waals surface area contributed by atoms with Crippen LogP contribution >= 0.6 is 0 Å². The second-order valence-electron chi connectivity index (χ2n) is 7.89. The Kier molecular flexibility index (Phi) is 5.95. The highest BCUT2D eigenvalue weighted by Crippen LogP contribution is 2.47. The van der Waals surface area contributed by atoms with Gasteiger partial charge in [-0.25, -0.2) is 9.59 Å². The third-order valence-corrected chi connectivity index (χ3v) is 5.95. The van der Waals surface area contributed by atoms with Crippen LogP contribution in [-0.2, 0) is 23.9 Å². The van der Waals surface area contributed by atoms with Gasteiger partial charge in [0.15, 0.2) is 5.78 Å². The first-order chi connectivity index (χ1) is 15.5. The Morgan fingerprint density at radius 3 is 2.19 bits per heavy atom. The first-order valence-corrected chi connectivity index (χ1v) is 10.6. The summed E-state index contributed by atoms with van der Waals surface area (Å²) in [5.74, 6) is -1.55. The van der Waals surface area contributed by atoms with Gasteiger partial charge >= 0.3 is 11.9 Å². The number of ketones is 1. The average Bonchev–Trinajstić information content (AvgIpc) is 2.83. The quantitative estimate of drug-likeness (QED) is 0.676. The van der Waals surface area contributed by atoms with Gasteiger partial charge in [-0.15, -0.1) is 0 Å². The molecule has 0 saturated heterocycles. The van der Waals surface area contributed by atoms with Gasteiger partial charge < -0.3 is 14.4 Å². The molecule has 0 amide bonds. The molecule has 4 rings (SSSR count). The molecule has 0 saturated carbocycles. The fourth-order valence-electron chi connectivity index (χ4n) is 4.51. The summed E-state index contributed by atoms with van der Waals surface area (Å²) >= 11 is 0. The van der Waals surface area contributed by atoms with Crippen LogP contribution in [0.1, 0.15) is 36.4 Å². The van der Waals surface area contributed by atoms with E-state index < -0.39 is 18.0 Å². The minimum Gasteiger partial charge on any atom is -0.466 e. The average molecular weight is 431 g/mol. The van der Waals surface area contributed by atoms with Crippen molar-refractivity contribution >= 4 is 23.4 Å². The number of hydrogen-bond donors (Lipinski definition) is 0. The molecule has 0 N–H and O–H groups in total. The van der Waals surface area contributed by atoms with Crippen LogP contribution in [0.15, 0.2) is 77.0 Å². The topological polar surface area (TPSA) is 72.9 Å². The predicted molar refractivity (Wildman–Crippen MR) is 120 cm³/mol. The molecule has 32 heavy (non-hydrogen) atoms. The van der Waals surface area contributed by atoms with E-state index in [4.69, 9.17) is 9.47 Å². The van der Waals surface area contributed by atoms with Gasteiger partial charge in [0.25, 0.3) is 0 Å². The molecule has 2 aliphatic rings. The van der Waals surface area contributed by atoms with Gasteiger partial charge in [-0.1, -0.05) is 48.0 Å². The number of anilines is 1. The number of esters is 2. The van der Waals surface area contributed by atoms with Crippen molar-refractivity contribution in [1.29, 1.82) is 0 Å². The number of carbonyl (C=O) groups is 3. The second kappa shape index (κ2) is 8.83. The summed E-state index contributed by atoms with van der Waals surface area (Å²) in [6.45, 7) is 2.00. The number of hydrogen-bond acceptors (Lipinski definition) is 6. The summed E-state index contributed by atoms with van der Waals surface area (Å²) in [6.07, 6.45) is 1.59. The Hall–Kier alpha value is -3.67. The number of allylic oxidation sites excluding steroid dienone is 1. The predicted octanol–water partition coefficient (Wildman–Crippen LogP) is 4.21. The molecule has 0 bridgehead atoms. The van der Waals surface area contributed by atoms with E-state index in [1.54, 1.807) is 0 Å². The molecule has 6 nitrogen and oxygen atoms in total. The van der Waals surface area contributed by atoms with Crippen molar-refractivity contribution in [3.05, 3.63) is 88.1 Å². The first-order valence-electron chi connectivity index (χ1n) is 10.6. The van der Waals surface area contributed by atoms with E-state index in [0.717, 1.165) is 22.5 Å². The highest BCUT2D eigenvalue weighted by atomic mass is 16.5. The van der Waals surface area contributed by atoms with E-state index in [2.05, 4.69) is 0 Å². The Bertz CT molecular complexity index is 1130. The van der Waals surface area contributed by atoms with Crippen molar-refractivity contribution in [2.75, 3.05) is 19.1 Å². The normalized spacial score (nSPS) is 18.4. The third-order valence-electron chi connectivity index (χ3n) is 5.95. The van der Waals surface area contributed by atoms with Crippen molar-refractivity contribution in [2.24, 2.45) is 0 Å². The molecule has 1 aliphatic carbocycles. The maximum absolute atomic E-state index is 13.1. The number of Topliss-reactive ketones (excluding diaryl/α,β-unsaturated/α-hetero) is 1. The van der Waals surface area contributed by atoms with Crippen molar-refractivity contribution in [2.45, 2.75) is 32.2 Å². The van der Waals surface area contributed by atoms with Crippen LogP contribution in [0.4, 0.5) is 5.69 Å². The molecular formula is C26H25NO5. The maximum atomic E-state index is 13.1. The lowest BCUT2D eigenvalue weighted by atomic mass is 9.78. The van der Waals surface area contributed by atoms with Crippen LogP contribution in [0.25, 0.3) is 0 Å². The standard InChI is InChI=1S/C26H25NO5/c1-16-12-14-18(15-13-16)27-19-10-7-11-20(28)21(19)22(25(29)31-2)23(26(30)32-3)24(27)17-8-5-4-6-9-17/h4-6,8-9,12-15,24H,7,10-11H2,1-3H3. The lowest BCUT2D eigenvalue weighted by molar-refractivity contribution is -0.139. The Morgan fingerprint density at radius 2 is 1.56 bits per heavy atom. The zero-order valence-electron chi connectivity index (χ0n) is 18.4. The van der Waals surface area contributed by atoms with Crippen LogP contribution in [0.5, 0.6) is 0 Å². The second-order valence-corrected chi connectivity index (χ2v) is 7.89. The molecule has 1 atom stereocenters. The third kappa shape index (κ3) is 3.62. The van der Waals surface area contributed by atoms with Crippen LogP contribution < -0.4 is 4.90 Å². The molecule has 1 aliphatic heterocycles. The monoisotopic (exact) mass is 431 g/mol. The number of carbonyl (C=O) groups excluding carboxylic acids is 3. The summed E-state index contributed by atoms with van der Waals surface area (Å²) < 4.78 is 10.2. The summed E-state index contributed by atoms with van der Waals surface area (Å²) in [6, 6.07) is 16.7. The van der Waals surface area contributed by atoms with Crippen LogP contribution in [0.2, 0.25) is 0 Å². The van der Waals surface area contributed by atoms with Gasteiger partial charge in [-0.05, 0) is 37.5 Å². The van der Waals surface area contributed by atoms with Gasteiger partial charge in [-0.2, -0.15) is 0 Å². The van der Waals surface area contributed by atoms with Crippen molar-refractivity contribution in [3.8, 4) is 0 Å². The molecule has 0 fully saturated rings. The molecule has 1 heterocycles. The molecule has 1 unspecified atom stereocenters. The summed E-state index contributed by atoms with van der Waals surface area (Å²) in [5, 5.41) is 0. The lowest BCUT2D eigenvalue weighted by Gasteiger charge is -2.43. The minimum absolute atomic E-state index is 0.0104. The van der Waals surface area contributed by atoms with Gasteiger partial charge in [0.2, 0.25) is 0 Å². The fraction of sp³-hybridized carbons (Fsp3) is 0.269. The summed E-state index contributed by atoms with van der Waals surface area (Å²) in [4.78, 5) is 41.2. The number of benzene rings is 2. The van der Waals surface area contributed by atoms with E-state index in [1.807, 2.05) is 66.4 Å². The zero-order chi connectivity index (χ0) is 22.8. The van der Waals surface area contributed by atoms with Crippen LogP contribution in [0, 0.1) is 6.92 Å². The van der Waals surface area contributed by atoms with Gasteiger partial charge in [0.1, 0.15) is 0 Å². The SMILES string of the molecule is COC(=O)C1=C(C(=O)OC)C(c2ccccc2)N(c2ccc(C)cc2)C2=C1C(=O)CCC2. The van der Waals surface area contributed by atoms with Gasteiger partial charge in [0, 0.05) is 17.8 Å². The zero-order valence-corrected chi connectivity index (χ0v) is 18.4.